The molecular formula is C18H24OS. The molecular weight excluding hydrogens is 264 g/mol. The zero-order valence-corrected chi connectivity index (χ0v) is 12.9. The zero-order chi connectivity index (χ0) is 13.6. The van der Waals surface area contributed by atoms with Gasteiger partial charge in [0, 0.05) is 4.90 Å². The number of benzene rings is 1. The first-order chi connectivity index (χ1) is 9.72. The topological polar surface area (TPSA) is 20.2 Å². The second-order valence-corrected chi connectivity index (χ2v) is 8.62. The first-order valence-electron chi connectivity index (χ1n) is 8.13. The number of para-hydroxylation sites is 1. The van der Waals surface area contributed by atoms with E-state index in [1.54, 1.807) is 6.07 Å². The lowest BCUT2D eigenvalue weighted by Gasteiger charge is -2.57. The highest BCUT2D eigenvalue weighted by atomic mass is 32.2. The number of aromatic hydroxyl groups is 1. The highest BCUT2D eigenvalue weighted by molar-refractivity contribution is 7.99. The maximum atomic E-state index is 9.85. The van der Waals surface area contributed by atoms with E-state index in [-0.39, 0.29) is 0 Å². The first-order valence-corrected chi connectivity index (χ1v) is 9.12. The Morgan fingerprint density at radius 3 is 2.20 bits per heavy atom. The summed E-state index contributed by atoms with van der Waals surface area (Å²) in [6.07, 6.45) is 10.5. The van der Waals surface area contributed by atoms with E-state index in [9.17, 15) is 5.11 Å². The number of hydrogen-bond donors (Lipinski definition) is 1. The van der Waals surface area contributed by atoms with Crippen LogP contribution < -0.4 is 0 Å². The smallest absolute Gasteiger partial charge is 0.129 e. The third kappa shape index (κ3) is 2.36. The number of thioether (sulfide) groups is 1. The molecule has 0 amide bonds. The lowest BCUT2D eigenvalue weighted by molar-refractivity contribution is -0.0538. The average molecular weight is 288 g/mol. The van der Waals surface area contributed by atoms with Crippen molar-refractivity contribution in [2.75, 3.05) is 5.75 Å². The standard InChI is InChI=1S/C18H24OS/c19-16-3-1-2-4-17(16)20-6-5-18-10-13-7-14(11-18)9-15(8-13)12-18/h1-4,13-15,19H,5-12H2. The van der Waals surface area contributed by atoms with Crippen LogP contribution in [0.5, 0.6) is 5.75 Å². The molecule has 108 valence electrons. The summed E-state index contributed by atoms with van der Waals surface area (Å²) in [5.41, 5.74) is 0.673. The minimum atomic E-state index is 0.447. The van der Waals surface area contributed by atoms with Gasteiger partial charge in [0.1, 0.15) is 5.75 Å². The number of phenols is 1. The predicted molar refractivity (Wildman–Crippen MR) is 84.1 cm³/mol. The highest BCUT2D eigenvalue weighted by Gasteiger charge is 2.50. The quantitative estimate of drug-likeness (QED) is 0.779. The van der Waals surface area contributed by atoms with E-state index in [1.807, 2.05) is 30.0 Å². The van der Waals surface area contributed by atoms with Crippen LogP contribution in [0.3, 0.4) is 0 Å². The van der Waals surface area contributed by atoms with E-state index >= 15 is 0 Å². The number of hydrogen-bond acceptors (Lipinski definition) is 2. The summed E-state index contributed by atoms with van der Waals surface area (Å²) < 4.78 is 0. The van der Waals surface area contributed by atoms with Gasteiger partial charge in [0.15, 0.2) is 0 Å². The van der Waals surface area contributed by atoms with Crippen molar-refractivity contribution in [1.29, 1.82) is 0 Å². The van der Waals surface area contributed by atoms with Crippen LogP contribution in [0, 0.1) is 23.2 Å². The molecule has 0 aliphatic heterocycles. The van der Waals surface area contributed by atoms with E-state index in [0.29, 0.717) is 11.2 Å². The molecule has 4 fully saturated rings. The van der Waals surface area contributed by atoms with Crippen molar-refractivity contribution in [3.63, 3.8) is 0 Å². The van der Waals surface area contributed by atoms with E-state index < -0.39 is 0 Å². The van der Waals surface area contributed by atoms with Gasteiger partial charge >= 0.3 is 0 Å². The van der Waals surface area contributed by atoms with Crippen LogP contribution in [-0.4, -0.2) is 10.9 Å². The summed E-state index contributed by atoms with van der Waals surface area (Å²) in [5, 5.41) is 9.85. The largest absolute Gasteiger partial charge is 0.507 e. The molecule has 4 aliphatic carbocycles. The summed E-state index contributed by atoms with van der Waals surface area (Å²) in [4.78, 5) is 1.05. The fourth-order valence-electron chi connectivity index (χ4n) is 5.55. The third-order valence-electron chi connectivity index (χ3n) is 5.92. The second kappa shape index (κ2) is 4.98. The van der Waals surface area contributed by atoms with Crippen molar-refractivity contribution in [3.05, 3.63) is 24.3 Å². The van der Waals surface area contributed by atoms with E-state index in [4.69, 9.17) is 0 Å². The van der Waals surface area contributed by atoms with Crippen molar-refractivity contribution >= 4 is 11.8 Å². The zero-order valence-electron chi connectivity index (χ0n) is 12.1. The Kier molecular flexibility index (Phi) is 3.25. The summed E-state index contributed by atoms with van der Waals surface area (Å²) in [6.45, 7) is 0. The van der Waals surface area contributed by atoms with Gasteiger partial charge < -0.3 is 5.11 Å². The van der Waals surface area contributed by atoms with Gasteiger partial charge in [0.25, 0.3) is 0 Å². The molecule has 1 N–H and O–H groups in total. The predicted octanol–water partition coefficient (Wildman–Crippen LogP) is 5.09. The maximum Gasteiger partial charge on any atom is 0.129 e. The van der Waals surface area contributed by atoms with Crippen molar-refractivity contribution in [2.24, 2.45) is 23.2 Å². The molecule has 0 aromatic heterocycles. The van der Waals surface area contributed by atoms with Gasteiger partial charge in [-0.2, -0.15) is 0 Å². The van der Waals surface area contributed by atoms with Crippen molar-refractivity contribution < 1.29 is 5.11 Å². The Hall–Kier alpha value is -0.630. The first kappa shape index (κ1) is 13.1. The van der Waals surface area contributed by atoms with Crippen LogP contribution in [0.1, 0.15) is 44.9 Å². The second-order valence-electron chi connectivity index (χ2n) is 7.48. The Labute approximate surface area is 126 Å². The molecule has 0 radical (unpaired) electrons. The molecule has 2 heteroatoms. The van der Waals surface area contributed by atoms with E-state index in [2.05, 4.69) is 0 Å². The molecule has 1 nitrogen and oxygen atoms in total. The molecule has 4 saturated carbocycles. The molecule has 0 atom stereocenters. The van der Waals surface area contributed by atoms with Crippen LogP contribution in [0.4, 0.5) is 0 Å². The van der Waals surface area contributed by atoms with Crippen LogP contribution in [-0.2, 0) is 0 Å². The van der Waals surface area contributed by atoms with Gasteiger partial charge in [-0.15, -0.1) is 11.8 Å². The Bertz CT molecular complexity index is 461. The normalized spacial score (nSPS) is 38.3. The molecule has 20 heavy (non-hydrogen) atoms. The van der Waals surface area contributed by atoms with Gasteiger partial charge in [-0.1, -0.05) is 12.1 Å². The molecule has 1 aromatic carbocycles. The van der Waals surface area contributed by atoms with Crippen molar-refractivity contribution in [2.45, 2.75) is 49.8 Å². The molecule has 4 aliphatic rings. The van der Waals surface area contributed by atoms with Crippen molar-refractivity contribution in [1.82, 2.24) is 0 Å². The number of phenolic OH excluding ortho intramolecular Hbond substituents is 1. The molecule has 0 heterocycles. The lowest BCUT2D eigenvalue weighted by Crippen LogP contribution is -2.46. The van der Waals surface area contributed by atoms with Gasteiger partial charge in [0.05, 0.1) is 0 Å². The molecule has 5 rings (SSSR count). The van der Waals surface area contributed by atoms with Crippen LogP contribution in [0.2, 0.25) is 0 Å². The Morgan fingerprint density at radius 2 is 1.60 bits per heavy atom. The highest BCUT2D eigenvalue weighted by Crippen LogP contribution is 2.61. The summed E-state index contributed by atoms with van der Waals surface area (Å²) in [6, 6.07) is 7.76. The average Bonchev–Trinajstić information content (AvgIpc) is 2.39. The van der Waals surface area contributed by atoms with Crippen molar-refractivity contribution in [3.8, 4) is 5.75 Å². The fourth-order valence-corrected chi connectivity index (χ4v) is 6.70. The van der Waals surface area contributed by atoms with E-state index in [1.165, 1.54) is 50.7 Å². The minimum absolute atomic E-state index is 0.447. The summed E-state index contributed by atoms with van der Waals surface area (Å²) in [7, 11) is 0. The summed E-state index contributed by atoms with van der Waals surface area (Å²) >= 11 is 1.85. The molecule has 0 saturated heterocycles. The van der Waals surface area contributed by atoms with Crippen LogP contribution >= 0.6 is 11.8 Å². The fraction of sp³-hybridized carbons (Fsp3) is 0.667. The Morgan fingerprint density at radius 1 is 1.00 bits per heavy atom. The number of rotatable bonds is 4. The monoisotopic (exact) mass is 288 g/mol. The minimum Gasteiger partial charge on any atom is -0.507 e. The SMILES string of the molecule is Oc1ccccc1SCCC12CC3CC(CC(C3)C1)C2. The maximum absolute atomic E-state index is 9.85. The molecule has 1 aromatic rings. The summed E-state index contributed by atoms with van der Waals surface area (Å²) in [5.74, 6) is 4.77. The molecule has 0 unspecified atom stereocenters. The van der Waals surface area contributed by atoms with Gasteiger partial charge in [-0.05, 0) is 86.0 Å². The van der Waals surface area contributed by atoms with Crippen LogP contribution in [0.25, 0.3) is 0 Å². The van der Waals surface area contributed by atoms with Crippen LogP contribution in [0.15, 0.2) is 29.2 Å². The third-order valence-corrected chi connectivity index (χ3v) is 6.98. The van der Waals surface area contributed by atoms with Gasteiger partial charge in [-0.25, -0.2) is 0 Å². The van der Waals surface area contributed by atoms with Gasteiger partial charge in [0.2, 0.25) is 0 Å². The molecule has 4 bridgehead atoms. The molecule has 0 spiro atoms. The van der Waals surface area contributed by atoms with E-state index in [0.717, 1.165) is 22.6 Å². The van der Waals surface area contributed by atoms with Gasteiger partial charge in [-0.3, -0.25) is 0 Å². The Balaban J connectivity index is 1.39. The lowest BCUT2D eigenvalue weighted by atomic mass is 9.49.